The van der Waals surface area contributed by atoms with Gasteiger partial charge < -0.3 is 15.4 Å². The van der Waals surface area contributed by atoms with Crippen molar-refractivity contribution in [2.75, 3.05) is 33.4 Å². The van der Waals surface area contributed by atoms with Crippen molar-refractivity contribution < 1.29 is 4.74 Å². The van der Waals surface area contributed by atoms with Crippen LogP contribution in [0.4, 0.5) is 0 Å². The van der Waals surface area contributed by atoms with E-state index in [0.717, 1.165) is 49.1 Å². The summed E-state index contributed by atoms with van der Waals surface area (Å²) in [6.45, 7) is 4.96. The lowest BCUT2D eigenvalue weighted by Gasteiger charge is -2.12. The summed E-state index contributed by atoms with van der Waals surface area (Å²) >= 11 is 12.0. The molecule has 7 heteroatoms. The molecule has 0 radical (unpaired) electrons. The second-order valence-electron chi connectivity index (χ2n) is 4.46. The predicted octanol–water partition coefficient (Wildman–Crippen LogP) is 3.75. The summed E-state index contributed by atoms with van der Waals surface area (Å²) < 4.78 is 5.26. The molecule has 22 heavy (non-hydrogen) atoms. The van der Waals surface area contributed by atoms with E-state index in [1.807, 2.05) is 19.1 Å². The van der Waals surface area contributed by atoms with E-state index < -0.39 is 0 Å². The Labute approximate surface area is 160 Å². The summed E-state index contributed by atoms with van der Waals surface area (Å²) in [7, 11) is 1.76. The van der Waals surface area contributed by atoms with Crippen LogP contribution in [0.15, 0.2) is 23.2 Å². The Morgan fingerprint density at radius 1 is 1.23 bits per heavy atom. The molecule has 1 aromatic carbocycles. The van der Waals surface area contributed by atoms with Crippen molar-refractivity contribution in [3.05, 3.63) is 33.8 Å². The van der Waals surface area contributed by atoms with E-state index in [2.05, 4.69) is 15.6 Å². The Balaban J connectivity index is 0.00000441. The molecule has 0 heterocycles. The summed E-state index contributed by atoms with van der Waals surface area (Å²) in [5.74, 6) is 0.789. The van der Waals surface area contributed by atoms with Crippen molar-refractivity contribution in [3.8, 4) is 0 Å². The van der Waals surface area contributed by atoms with Crippen LogP contribution in [0.2, 0.25) is 10.0 Å². The minimum Gasteiger partial charge on any atom is -0.380 e. The Morgan fingerprint density at radius 2 is 1.95 bits per heavy atom. The number of halogens is 3. The van der Waals surface area contributed by atoms with Crippen LogP contribution in [0.25, 0.3) is 0 Å². The molecule has 0 atom stereocenters. The lowest BCUT2D eigenvalue weighted by molar-refractivity contribution is 0.152. The fraction of sp³-hybridized carbons (Fsp3) is 0.533. The van der Waals surface area contributed by atoms with Gasteiger partial charge in [-0.05, 0) is 37.5 Å². The van der Waals surface area contributed by atoms with Crippen LogP contribution in [0.3, 0.4) is 0 Å². The maximum atomic E-state index is 6.14. The molecule has 0 amide bonds. The molecule has 0 aromatic heterocycles. The maximum Gasteiger partial charge on any atom is 0.191 e. The highest BCUT2D eigenvalue weighted by atomic mass is 127. The Morgan fingerprint density at radius 3 is 2.59 bits per heavy atom. The van der Waals surface area contributed by atoms with E-state index in [-0.39, 0.29) is 24.0 Å². The summed E-state index contributed by atoms with van der Waals surface area (Å²) in [5.41, 5.74) is 1.11. The van der Waals surface area contributed by atoms with Crippen molar-refractivity contribution >= 4 is 53.1 Å². The molecular formula is C15H24Cl2IN3O. The van der Waals surface area contributed by atoms with Gasteiger partial charge in [-0.25, -0.2) is 0 Å². The molecule has 0 aliphatic rings. The van der Waals surface area contributed by atoms with E-state index in [4.69, 9.17) is 27.9 Å². The third-order valence-electron chi connectivity index (χ3n) is 2.90. The number of nitrogens with zero attached hydrogens (tertiary/aromatic N) is 1. The number of hydrogen-bond donors (Lipinski definition) is 2. The van der Waals surface area contributed by atoms with Gasteiger partial charge in [0, 0.05) is 36.8 Å². The monoisotopic (exact) mass is 459 g/mol. The molecule has 0 aliphatic carbocycles. The predicted molar refractivity (Wildman–Crippen MR) is 106 cm³/mol. The van der Waals surface area contributed by atoms with E-state index in [9.17, 15) is 0 Å². The van der Waals surface area contributed by atoms with Gasteiger partial charge in [-0.3, -0.25) is 4.99 Å². The van der Waals surface area contributed by atoms with Crippen molar-refractivity contribution in [2.45, 2.75) is 19.8 Å². The SMILES string of the molecule is CCOCCNC(=NC)NCCCc1ccc(Cl)cc1Cl.I. The lowest BCUT2D eigenvalue weighted by atomic mass is 10.1. The zero-order chi connectivity index (χ0) is 15.5. The van der Waals surface area contributed by atoms with Gasteiger partial charge in [0.2, 0.25) is 0 Å². The van der Waals surface area contributed by atoms with Crippen LogP contribution >= 0.6 is 47.2 Å². The normalized spacial score (nSPS) is 11.0. The minimum atomic E-state index is 0. The van der Waals surface area contributed by atoms with Crippen molar-refractivity contribution in [3.63, 3.8) is 0 Å². The van der Waals surface area contributed by atoms with Gasteiger partial charge in [-0.15, -0.1) is 24.0 Å². The molecule has 2 N–H and O–H groups in total. The summed E-state index contributed by atoms with van der Waals surface area (Å²) in [4.78, 5) is 4.15. The van der Waals surface area contributed by atoms with E-state index in [1.165, 1.54) is 0 Å². The van der Waals surface area contributed by atoms with Crippen LogP contribution in [-0.4, -0.2) is 39.3 Å². The van der Waals surface area contributed by atoms with Gasteiger partial charge >= 0.3 is 0 Å². The molecule has 1 rings (SSSR count). The van der Waals surface area contributed by atoms with E-state index in [1.54, 1.807) is 13.1 Å². The average molecular weight is 460 g/mol. The molecule has 0 bridgehead atoms. The first-order valence-corrected chi connectivity index (χ1v) is 7.89. The van der Waals surface area contributed by atoms with Crippen LogP contribution in [-0.2, 0) is 11.2 Å². The standard InChI is InChI=1S/C15H23Cl2N3O.HI/c1-3-21-10-9-20-15(18-2)19-8-4-5-12-6-7-13(16)11-14(12)17;/h6-7,11H,3-5,8-10H2,1-2H3,(H2,18,19,20);1H. The van der Waals surface area contributed by atoms with Crippen molar-refractivity contribution in [2.24, 2.45) is 4.99 Å². The summed E-state index contributed by atoms with van der Waals surface area (Å²) in [5, 5.41) is 7.84. The van der Waals surface area contributed by atoms with Crippen LogP contribution in [0, 0.1) is 0 Å². The Kier molecular flexibility index (Phi) is 13.1. The lowest BCUT2D eigenvalue weighted by Crippen LogP contribution is -2.39. The second kappa shape index (κ2) is 13.2. The first-order valence-electron chi connectivity index (χ1n) is 7.13. The zero-order valence-electron chi connectivity index (χ0n) is 13.0. The van der Waals surface area contributed by atoms with Gasteiger partial charge in [0.05, 0.1) is 6.61 Å². The third-order valence-corrected chi connectivity index (χ3v) is 3.48. The molecule has 126 valence electrons. The molecule has 4 nitrogen and oxygen atoms in total. The highest BCUT2D eigenvalue weighted by Gasteiger charge is 2.02. The highest BCUT2D eigenvalue weighted by Crippen LogP contribution is 2.21. The second-order valence-corrected chi connectivity index (χ2v) is 5.31. The third kappa shape index (κ3) is 9.02. The van der Waals surface area contributed by atoms with Gasteiger partial charge in [-0.1, -0.05) is 29.3 Å². The number of rotatable bonds is 8. The average Bonchev–Trinajstić information content (AvgIpc) is 2.47. The molecule has 1 aromatic rings. The summed E-state index contributed by atoms with van der Waals surface area (Å²) in [6.07, 6.45) is 1.87. The maximum absolute atomic E-state index is 6.14. The number of guanidine groups is 1. The smallest absolute Gasteiger partial charge is 0.191 e. The first-order chi connectivity index (χ1) is 10.2. The fourth-order valence-electron chi connectivity index (χ4n) is 1.82. The number of benzene rings is 1. The minimum absolute atomic E-state index is 0. The van der Waals surface area contributed by atoms with Crippen LogP contribution < -0.4 is 10.6 Å². The molecule has 0 aliphatic heterocycles. The van der Waals surface area contributed by atoms with Crippen molar-refractivity contribution in [1.82, 2.24) is 10.6 Å². The molecule has 0 fully saturated rings. The molecule has 0 saturated carbocycles. The molecule has 0 spiro atoms. The van der Waals surface area contributed by atoms with Gasteiger partial charge in [0.15, 0.2) is 5.96 Å². The topological polar surface area (TPSA) is 45.6 Å². The first kappa shape index (κ1) is 21.8. The number of hydrogen-bond acceptors (Lipinski definition) is 2. The van der Waals surface area contributed by atoms with Gasteiger partial charge in [-0.2, -0.15) is 0 Å². The molecular weight excluding hydrogens is 436 g/mol. The van der Waals surface area contributed by atoms with Crippen molar-refractivity contribution in [1.29, 1.82) is 0 Å². The Bertz CT molecular complexity index is 458. The molecule has 0 saturated heterocycles. The number of ether oxygens (including phenoxy) is 1. The van der Waals surface area contributed by atoms with Gasteiger partial charge in [0.25, 0.3) is 0 Å². The number of aryl methyl sites for hydroxylation is 1. The number of aliphatic imine (C=N–C) groups is 1. The van der Waals surface area contributed by atoms with Gasteiger partial charge in [0.1, 0.15) is 0 Å². The van der Waals surface area contributed by atoms with E-state index >= 15 is 0 Å². The number of nitrogens with one attached hydrogen (secondary N) is 2. The largest absolute Gasteiger partial charge is 0.380 e. The quantitative estimate of drug-likeness (QED) is 0.269. The zero-order valence-corrected chi connectivity index (χ0v) is 16.8. The highest BCUT2D eigenvalue weighted by molar-refractivity contribution is 14.0. The Hall–Kier alpha value is -0.240. The van der Waals surface area contributed by atoms with E-state index in [0.29, 0.717) is 11.6 Å². The fourth-order valence-corrected chi connectivity index (χ4v) is 2.32. The summed E-state index contributed by atoms with van der Waals surface area (Å²) in [6, 6.07) is 5.62. The molecule has 0 unspecified atom stereocenters. The van der Waals surface area contributed by atoms with Crippen LogP contribution in [0.5, 0.6) is 0 Å². The van der Waals surface area contributed by atoms with Crippen LogP contribution in [0.1, 0.15) is 18.9 Å².